The van der Waals surface area contributed by atoms with Crippen LogP contribution in [-0.4, -0.2) is 6.54 Å². The number of hydrogen-bond donors (Lipinski definition) is 1. The Morgan fingerprint density at radius 3 is 2.42 bits per heavy atom. The van der Waals surface area contributed by atoms with Gasteiger partial charge in [-0.2, -0.15) is 0 Å². The van der Waals surface area contributed by atoms with Gasteiger partial charge in [0.1, 0.15) is 11.3 Å². The van der Waals surface area contributed by atoms with Crippen LogP contribution in [0.3, 0.4) is 0 Å². The first-order valence-electron chi connectivity index (χ1n) is 7.31. The molecule has 0 saturated heterocycles. The largest absolute Gasteiger partial charge is 0.459 e. The summed E-state index contributed by atoms with van der Waals surface area (Å²) in [6, 6.07) is 6.52. The maximum Gasteiger partial charge on any atom is 0.138 e. The number of nitrogens with one attached hydrogen (secondary N) is 1. The van der Waals surface area contributed by atoms with Crippen molar-refractivity contribution in [2.24, 2.45) is 0 Å². The number of benzene rings is 1. The second-order valence-corrected chi connectivity index (χ2v) is 5.75. The number of hydrogen-bond acceptors (Lipinski definition) is 2. The molecule has 0 unspecified atom stereocenters. The van der Waals surface area contributed by atoms with Gasteiger partial charge in [0.15, 0.2) is 0 Å². The third-order valence-electron chi connectivity index (χ3n) is 3.60. The summed E-state index contributed by atoms with van der Waals surface area (Å²) in [5.41, 5.74) is 3.75. The second kappa shape index (κ2) is 5.79. The van der Waals surface area contributed by atoms with E-state index >= 15 is 0 Å². The Kier molecular flexibility index (Phi) is 4.31. The van der Waals surface area contributed by atoms with Gasteiger partial charge < -0.3 is 9.73 Å². The lowest BCUT2D eigenvalue weighted by atomic mass is 9.95. The van der Waals surface area contributed by atoms with E-state index in [2.05, 4.69) is 58.1 Å². The Labute approximate surface area is 116 Å². The van der Waals surface area contributed by atoms with Crippen molar-refractivity contribution < 1.29 is 4.42 Å². The monoisotopic (exact) mass is 259 g/mol. The predicted molar refractivity (Wildman–Crippen MR) is 81.8 cm³/mol. The number of fused-ring (bicyclic) bond motifs is 1. The summed E-state index contributed by atoms with van der Waals surface area (Å²) in [4.78, 5) is 0. The van der Waals surface area contributed by atoms with Crippen molar-refractivity contribution in [1.82, 2.24) is 5.32 Å². The molecule has 0 bridgehead atoms. The average molecular weight is 259 g/mol. The first kappa shape index (κ1) is 14.1. The smallest absolute Gasteiger partial charge is 0.138 e. The van der Waals surface area contributed by atoms with Crippen molar-refractivity contribution in [3.63, 3.8) is 0 Å². The zero-order valence-electron chi connectivity index (χ0n) is 12.7. The van der Waals surface area contributed by atoms with Gasteiger partial charge in [0.2, 0.25) is 0 Å². The Bertz CT molecular complexity index is 552. The van der Waals surface area contributed by atoms with E-state index in [1.807, 2.05) is 0 Å². The Balaban J connectivity index is 2.62. The molecule has 0 aliphatic heterocycles. The van der Waals surface area contributed by atoms with Gasteiger partial charge in [-0.3, -0.25) is 0 Å². The molecule has 0 aliphatic carbocycles. The summed E-state index contributed by atoms with van der Waals surface area (Å²) in [5.74, 6) is 2.07. The van der Waals surface area contributed by atoms with Crippen molar-refractivity contribution in [3.05, 3.63) is 35.1 Å². The molecule has 0 radical (unpaired) electrons. The van der Waals surface area contributed by atoms with Gasteiger partial charge in [-0.1, -0.05) is 52.8 Å². The van der Waals surface area contributed by atoms with E-state index < -0.39 is 0 Å². The maximum absolute atomic E-state index is 6.19. The molecule has 0 atom stereocenters. The lowest BCUT2D eigenvalue weighted by molar-refractivity contribution is 0.506. The van der Waals surface area contributed by atoms with Crippen LogP contribution in [0.2, 0.25) is 0 Å². The summed E-state index contributed by atoms with van der Waals surface area (Å²) in [6.07, 6.45) is 0. The van der Waals surface area contributed by atoms with Crippen LogP contribution in [0.15, 0.2) is 22.6 Å². The number of para-hydroxylation sites is 1. The van der Waals surface area contributed by atoms with E-state index in [-0.39, 0.29) is 0 Å². The SMILES string of the molecule is CCNCc1oc2c(C(C)C)cccc2c1C(C)C. The molecule has 0 spiro atoms. The van der Waals surface area contributed by atoms with E-state index in [9.17, 15) is 0 Å². The van der Waals surface area contributed by atoms with Crippen LogP contribution in [-0.2, 0) is 6.54 Å². The first-order valence-corrected chi connectivity index (χ1v) is 7.31. The van der Waals surface area contributed by atoms with E-state index in [0.717, 1.165) is 24.4 Å². The van der Waals surface area contributed by atoms with Crippen LogP contribution >= 0.6 is 0 Å². The van der Waals surface area contributed by atoms with Crippen LogP contribution < -0.4 is 5.32 Å². The van der Waals surface area contributed by atoms with Crippen LogP contribution in [0, 0.1) is 0 Å². The third kappa shape index (κ3) is 2.69. The van der Waals surface area contributed by atoms with Crippen LogP contribution in [0.25, 0.3) is 11.0 Å². The molecule has 0 amide bonds. The normalized spacial score (nSPS) is 11.9. The fourth-order valence-corrected chi connectivity index (χ4v) is 2.67. The topological polar surface area (TPSA) is 25.2 Å². The van der Waals surface area contributed by atoms with Crippen LogP contribution in [0.4, 0.5) is 0 Å². The highest BCUT2D eigenvalue weighted by molar-refractivity contribution is 5.86. The molecule has 1 heterocycles. The lowest BCUT2D eigenvalue weighted by Crippen LogP contribution is -2.12. The average Bonchev–Trinajstić information content (AvgIpc) is 2.73. The van der Waals surface area contributed by atoms with Gasteiger partial charge in [-0.05, 0) is 23.9 Å². The third-order valence-corrected chi connectivity index (χ3v) is 3.60. The van der Waals surface area contributed by atoms with Crippen molar-refractivity contribution in [3.8, 4) is 0 Å². The van der Waals surface area contributed by atoms with Crippen molar-refractivity contribution in [2.75, 3.05) is 6.54 Å². The summed E-state index contributed by atoms with van der Waals surface area (Å²) in [6.45, 7) is 12.8. The fourth-order valence-electron chi connectivity index (χ4n) is 2.67. The summed E-state index contributed by atoms with van der Waals surface area (Å²) < 4.78 is 6.19. The van der Waals surface area contributed by atoms with Gasteiger partial charge in [0, 0.05) is 10.9 Å². The number of furan rings is 1. The lowest BCUT2D eigenvalue weighted by Gasteiger charge is -2.07. The maximum atomic E-state index is 6.19. The van der Waals surface area contributed by atoms with Crippen molar-refractivity contribution in [1.29, 1.82) is 0 Å². The minimum atomic E-state index is 0.484. The molecule has 1 aromatic heterocycles. The van der Waals surface area contributed by atoms with Crippen LogP contribution in [0.1, 0.15) is 63.3 Å². The highest BCUT2D eigenvalue weighted by atomic mass is 16.3. The molecule has 0 saturated carbocycles. The molecule has 2 nitrogen and oxygen atoms in total. The highest BCUT2D eigenvalue weighted by Gasteiger charge is 2.19. The highest BCUT2D eigenvalue weighted by Crippen LogP contribution is 2.35. The first-order chi connectivity index (χ1) is 9.06. The molecule has 1 N–H and O–H groups in total. The van der Waals surface area contributed by atoms with E-state index in [4.69, 9.17) is 4.42 Å². The summed E-state index contributed by atoms with van der Waals surface area (Å²) in [5, 5.41) is 4.66. The predicted octanol–water partition coefficient (Wildman–Crippen LogP) is 4.79. The molecular weight excluding hydrogens is 234 g/mol. The van der Waals surface area contributed by atoms with Crippen molar-refractivity contribution >= 4 is 11.0 Å². The Morgan fingerprint density at radius 1 is 1.11 bits per heavy atom. The standard InChI is InChI=1S/C17H25NO/c1-6-18-10-15-16(12(4)5)14-9-7-8-13(11(2)3)17(14)19-15/h7-9,11-12,18H,6,10H2,1-5H3. The zero-order chi connectivity index (χ0) is 14.0. The molecule has 104 valence electrons. The van der Waals surface area contributed by atoms with Gasteiger partial charge >= 0.3 is 0 Å². The van der Waals surface area contributed by atoms with E-state index in [1.165, 1.54) is 16.5 Å². The summed E-state index contributed by atoms with van der Waals surface area (Å²) in [7, 11) is 0. The van der Waals surface area contributed by atoms with Gasteiger partial charge in [-0.25, -0.2) is 0 Å². The molecule has 2 aromatic rings. The van der Waals surface area contributed by atoms with Crippen LogP contribution in [0.5, 0.6) is 0 Å². The van der Waals surface area contributed by atoms with Crippen molar-refractivity contribution in [2.45, 2.75) is 53.0 Å². The molecule has 2 rings (SSSR count). The number of rotatable bonds is 5. The minimum Gasteiger partial charge on any atom is -0.459 e. The fraction of sp³-hybridized carbons (Fsp3) is 0.529. The molecule has 1 aromatic carbocycles. The van der Waals surface area contributed by atoms with Gasteiger partial charge in [0.05, 0.1) is 6.54 Å². The Hall–Kier alpha value is -1.28. The van der Waals surface area contributed by atoms with E-state index in [1.54, 1.807) is 0 Å². The zero-order valence-corrected chi connectivity index (χ0v) is 12.7. The van der Waals surface area contributed by atoms with E-state index in [0.29, 0.717) is 11.8 Å². The van der Waals surface area contributed by atoms with Gasteiger partial charge in [0.25, 0.3) is 0 Å². The molecular formula is C17H25NO. The second-order valence-electron chi connectivity index (χ2n) is 5.75. The Morgan fingerprint density at radius 2 is 1.84 bits per heavy atom. The minimum absolute atomic E-state index is 0.484. The quantitative estimate of drug-likeness (QED) is 0.835. The molecule has 0 fully saturated rings. The molecule has 0 aliphatic rings. The molecule has 19 heavy (non-hydrogen) atoms. The van der Waals surface area contributed by atoms with Gasteiger partial charge in [-0.15, -0.1) is 0 Å². The molecule has 2 heteroatoms. The summed E-state index contributed by atoms with van der Waals surface area (Å²) >= 11 is 0.